The van der Waals surface area contributed by atoms with E-state index in [1.807, 2.05) is 6.92 Å². The molecule has 0 aliphatic heterocycles. The van der Waals surface area contributed by atoms with Gasteiger partial charge in [0, 0.05) is 18.6 Å². The number of non-ortho nitro benzene ring substituents is 1. The minimum Gasteiger partial charge on any atom is -0.453 e. The van der Waals surface area contributed by atoms with E-state index >= 15 is 0 Å². The van der Waals surface area contributed by atoms with Crippen molar-refractivity contribution in [2.24, 2.45) is 0 Å². The summed E-state index contributed by atoms with van der Waals surface area (Å²) in [6, 6.07) is 5.77. The van der Waals surface area contributed by atoms with Crippen LogP contribution >= 0.6 is 0 Å². The summed E-state index contributed by atoms with van der Waals surface area (Å²) in [5.74, 6) is -0.305. The Bertz CT molecular complexity index is 372. The first-order valence-corrected chi connectivity index (χ1v) is 4.90. The molecule has 0 heterocycles. The van der Waals surface area contributed by atoms with Crippen LogP contribution in [0, 0.1) is 16.7 Å². The van der Waals surface area contributed by atoms with E-state index < -0.39 is 4.92 Å². The van der Waals surface area contributed by atoms with Crippen LogP contribution in [-0.2, 0) is 9.53 Å². The molecule has 0 aliphatic carbocycles. The predicted molar refractivity (Wildman–Crippen MR) is 57.5 cm³/mol. The average Bonchev–Trinajstić information content (AvgIpc) is 2.27. The van der Waals surface area contributed by atoms with Gasteiger partial charge in [0.25, 0.3) is 5.69 Å². The minimum absolute atomic E-state index is 0.0111. The number of carbonyl (C=O) groups excluding carboxylic acids is 1. The smallest absolute Gasteiger partial charge is 0.306 e. The van der Waals surface area contributed by atoms with Gasteiger partial charge in [-0.1, -0.05) is 6.92 Å². The van der Waals surface area contributed by atoms with Gasteiger partial charge in [-0.3, -0.25) is 14.9 Å². The average molecular weight is 222 g/mol. The standard InChI is InChI=1S/C11H12NO4/c1-2-3-11(13)16-8-9-4-6-10(7-5-9)12(14)15/h4-8H,2-3H2,1H3. The molecular weight excluding hydrogens is 210 g/mol. The molecule has 5 heteroatoms. The van der Waals surface area contributed by atoms with E-state index in [4.69, 9.17) is 4.74 Å². The Balaban J connectivity index is 2.49. The molecule has 1 aromatic rings. The summed E-state index contributed by atoms with van der Waals surface area (Å²) in [5, 5.41) is 10.4. The van der Waals surface area contributed by atoms with E-state index in [1.54, 1.807) is 0 Å². The second-order valence-corrected chi connectivity index (χ2v) is 3.21. The van der Waals surface area contributed by atoms with Crippen LogP contribution in [0.2, 0.25) is 0 Å². The highest BCUT2D eigenvalue weighted by Gasteiger charge is 2.06. The summed E-state index contributed by atoms with van der Waals surface area (Å²) in [6.07, 6.45) is 1.09. The molecule has 85 valence electrons. The third-order valence-electron chi connectivity index (χ3n) is 1.88. The summed E-state index contributed by atoms with van der Waals surface area (Å²) in [5.41, 5.74) is 0.632. The maximum Gasteiger partial charge on any atom is 0.306 e. The van der Waals surface area contributed by atoms with Crippen molar-refractivity contribution >= 4 is 11.7 Å². The maximum atomic E-state index is 11.0. The highest BCUT2D eigenvalue weighted by molar-refractivity contribution is 5.70. The van der Waals surface area contributed by atoms with E-state index in [0.29, 0.717) is 12.0 Å². The second kappa shape index (κ2) is 5.85. The lowest BCUT2D eigenvalue weighted by Gasteiger charge is -2.02. The van der Waals surface area contributed by atoms with E-state index in [1.165, 1.54) is 30.9 Å². The van der Waals surface area contributed by atoms with E-state index in [2.05, 4.69) is 0 Å². The van der Waals surface area contributed by atoms with Crippen molar-refractivity contribution in [1.29, 1.82) is 0 Å². The third-order valence-corrected chi connectivity index (χ3v) is 1.88. The van der Waals surface area contributed by atoms with Crippen molar-refractivity contribution in [3.05, 3.63) is 46.6 Å². The first kappa shape index (κ1) is 12.2. The Morgan fingerprint density at radius 2 is 2.06 bits per heavy atom. The molecule has 0 atom stereocenters. The zero-order valence-corrected chi connectivity index (χ0v) is 8.88. The molecular formula is C11H12NO4. The van der Waals surface area contributed by atoms with Gasteiger partial charge in [-0.2, -0.15) is 0 Å². The maximum absolute atomic E-state index is 11.0. The van der Waals surface area contributed by atoms with Gasteiger partial charge in [0.1, 0.15) is 0 Å². The van der Waals surface area contributed by atoms with Crippen molar-refractivity contribution in [2.45, 2.75) is 19.8 Å². The predicted octanol–water partition coefficient (Wildman–Crippen LogP) is 2.45. The zero-order chi connectivity index (χ0) is 12.0. The Hall–Kier alpha value is -1.91. The van der Waals surface area contributed by atoms with Crippen molar-refractivity contribution < 1.29 is 14.5 Å². The number of carbonyl (C=O) groups is 1. The van der Waals surface area contributed by atoms with Gasteiger partial charge in [0.2, 0.25) is 0 Å². The number of nitrogens with zero attached hydrogens (tertiary/aromatic N) is 1. The fourth-order valence-electron chi connectivity index (χ4n) is 1.07. The normalized spacial score (nSPS) is 9.81. The molecule has 1 aromatic carbocycles. The molecule has 1 rings (SSSR count). The Kier molecular flexibility index (Phi) is 4.44. The Morgan fingerprint density at radius 1 is 1.44 bits per heavy atom. The van der Waals surface area contributed by atoms with E-state index in [9.17, 15) is 14.9 Å². The van der Waals surface area contributed by atoms with Gasteiger partial charge < -0.3 is 4.74 Å². The quantitative estimate of drug-likeness (QED) is 0.436. The Labute approximate surface area is 93.2 Å². The fraction of sp³-hybridized carbons (Fsp3) is 0.273. The molecule has 1 radical (unpaired) electrons. The number of rotatable bonds is 5. The number of esters is 1. The molecule has 0 amide bonds. The number of hydrogen-bond donors (Lipinski definition) is 0. The molecule has 0 saturated heterocycles. The molecule has 0 unspecified atom stereocenters. The molecule has 0 N–H and O–H groups in total. The van der Waals surface area contributed by atoms with Gasteiger partial charge in [0.05, 0.1) is 4.92 Å². The monoisotopic (exact) mass is 222 g/mol. The fourth-order valence-corrected chi connectivity index (χ4v) is 1.07. The molecule has 0 aliphatic rings. The largest absolute Gasteiger partial charge is 0.453 e. The lowest BCUT2D eigenvalue weighted by atomic mass is 10.2. The van der Waals surface area contributed by atoms with Gasteiger partial charge in [0.15, 0.2) is 6.61 Å². The summed E-state index contributed by atoms with van der Waals surface area (Å²) in [7, 11) is 0. The highest BCUT2D eigenvalue weighted by Crippen LogP contribution is 2.13. The van der Waals surface area contributed by atoms with Crippen molar-refractivity contribution in [2.75, 3.05) is 0 Å². The molecule has 0 fully saturated rings. The molecule has 16 heavy (non-hydrogen) atoms. The highest BCUT2D eigenvalue weighted by atomic mass is 16.6. The van der Waals surface area contributed by atoms with Gasteiger partial charge in [-0.25, -0.2) is 0 Å². The number of benzene rings is 1. The van der Waals surface area contributed by atoms with Crippen molar-refractivity contribution in [3.63, 3.8) is 0 Å². The molecule has 0 saturated carbocycles. The van der Waals surface area contributed by atoms with Crippen LogP contribution in [0.25, 0.3) is 0 Å². The van der Waals surface area contributed by atoms with Gasteiger partial charge in [-0.15, -0.1) is 0 Å². The number of ether oxygens (including phenoxy) is 1. The Morgan fingerprint density at radius 3 is 2.56 bits per heavy atom. The second-order valence-electron chi connectivity index (χ2n) is 3.21. The van der Waals surface area contributed by atoms with Crippen LogP contribution in [0.15, 0.2) is 24.3 Å². The molecule has 0 bridgehead atoms. The van der Waals surface area contributed by atoms with Crippen molar-refractivity contribution in [1.82, 2.24) is 0 Å². The lowest BCUT2D eigenvalue weighted by Crippen LogP contribution is -2.01. The first-order valence-electron chi connectivity index (χ1n) is 4.90. The van der Waals surface area contributed by atoms with Crippen LogP contribution in [0.5, 0.6) is 0 Å². The summed E-state index contributed by atoms with van der Waals surface area (Å²) >= 11 is 0. The summed E-state index contributed by atoms with van der Waals surface area (Å²) < 4.78 is 4.84. The van der Waals surface area contributed by atoms with Crippen molar-refractivity contribution in [3.8, 4) is 0 Å². The molecule has 5 nitrogen and oxygen atoms in total. The van der Waals surface area contributed by atoms with E-state index in [-0.39, 0.29) is 11.7 Å². The van der Waals surface area contributed by atoms with Crippen LogP contribution in [0.4, 0.5) is 5.69 Å². The van der Waals surface area contributed by atoms with E-state index in [0.717, 1.165) is 6.42 Å². The lowest BCUT2D eigenvalue weighted by molar-refractivity contribution is -0.384. The topological polar surface area (TPSA) is 69.4 Å². The summed E-state index contributed by atoms with van der Waals surface area (Å²) in [6.45, 7) is 3.18. The SMILES string of the molecule is CCCC(=O)O[CH]c1ccc([N+](=O)[O-])cc1. The minimum atomic E-state index is -0.479. The number of hydrogen-bond acceptors (Lipinski definition) is 4. The van der Waals surface area contributed by atoms with Crippen LogP contribution in [0.3, 0.4) is 0 Å². The van der Waals surface area contributed by atoms with Gasteiger partial charge in [-0.05, 0) is 24.1 Å². The van der Waals surface area contributed by atoms with Gasteiger partial charge >= 0.3 is 5.97 Å². The first-order chi connectivity index (χ1) is 7.63. The third kappa shape index (κ3) is 3.68. The summed E-state index contributed by atoms with van der Waals surface area (Å²) in [4.78, 5) is 20.9. The molecule has 0 aromatic heterocycles. The van der Waals surface area contributed by atoms with Crippen LogP contribution < -0.4 is 0 Å². The molecule has 0 spiro atoms. The zero-order valence-electron chi connectivity index (χ0n) is 8.88. The number of nitro groups is 1. The van der Waals surface area contributed by atoms with Crippen LogP contribution in [0.1, 0.15) is 25.3 Å². The number of nitro benzene ring substituents is 1. The van der Waals surface area contributed by atoms with Crippen LogP contribution in [-0.4, -0.2) is 10.9 Å².